The molecule has 19 heavy (non-hydrogen) atoms. The molecule has 2 aromatic rings. The van der Waals surface area contributed by atoms with Gasteiger partial charge in [0.1, 0.15) is 5.82 Å². The minimum atomic E-state index is -0.0489. The average Bonchev–Trinajstić information content (AvgIpc) is 2.39. The molecule has 96 valence electrons. The normalized spacial score (nSPS) is 14.0. The predicted molar refractivity (Wildman–Crippen MR) is 74.6 cm³/mol. The van der Waals surface area contributed by atoms with Crippen molar-refractivity contribution in [2.75, 3.05) is 11.6 Å². The molecule has 1 amide bonds. The van der Waals surface area contributed by atoms with Crippen LogP contribution >= 0.6 is 0 Å². The van der Waals surface area contributed by atoms with Gasteiger partial charge in [-0.3, -0.25) is 4.79 Å². The van der Waals surface area contributed by atoms with Crippen molar-refractivity contribution < 1.29 is 4.79 Å². The van der Waals surface area contributed by atoms with E-state index in [0.717, 1.165) is 22.8 Å². The van der Waals surface area contributed by atoms with E-state index in [1.54, 1.807) is 0 Å². The number of anilines is 2. The number of para-hydroxylation sites is 1. The van der Waals surface area contributed by atoms with Gasteiger partial charge in [0, 0.05) is 11.4 Å². The van der Waals surface area contributed by atoms with Crippen LogP contribution in [-0.4, -0.2) is 17.6 Å². The number of nitrogens with one attached hydrogen (secondary N) is 1. The molecule has 0 atom stereocenters. The van der Waals surface area contributed by atoms with Crippen LogP contribution in [0.2, 0.25) is 0 Å². The Kier molecular flexibility index (Phi) is 2.71. The Balaban J connectivity index is 2.18. The van der Waals surface area contributed by atoms with Crippen LogP contribution in [0.1, 0.15) is 21.6 Å². The van der Waals surface area contributed by atoms with Gasteiger partial charge in [-0.05, 0) is 37.6 Å². The number of carbonyl (C=O) groups is 1. The molecule has 0 saturated heterocycles. The van der Waals surface area contributed by atoms with Crippen molar-refractivity contribution in [3.8, 4) is 0 Å². The first-order valence-corrected chi connectivity index (χ1v) is 6.26. The van der Waals surface area contributed by atoms with Crippen molar-refractivity contribution in [1.82, 2.24) is 10.3 Å². The minimum Gasteiger partial charge on any atom is -0.334 e. The van der Waals surface area contributed by atoms with Crippen molar-refractivity contribution in [3.05, 3.63) is 53.2 Å². The fraction of sp³-hybridized carbons (Fsp3) is 0.200. The summed E-state index contributed by atoms with van der Waals surface area (Å²) in [6, 6.07) is 11.9. The highest BCUT2D eigenvalue weighted by molar-refractivity contribution is 6.03. The van der Waals surface area contributed by atoms with Crippen LogP contribution in [0.4, 0.5) is 11.5 Å². The molecule has 3 rings (SSSR count). The van der Waals surface area contributed by atoms with Gasteiger partial charge in [0.25, 0.3) is 5.91 Å². The number of pyridine rings is 1. The van der Waals surface area contributed by atoms with Gasteiger partial charge in [0.2, 0.25) is 0 Å². The molecule has 0 spiro atoms. The Bertz CT molecular complexity index is 637. The number of hydrogen-bond acceptors (Lipinski definition) is 3. The van der Waals surface area contributed by atoms with Crippen LogP contribution in [0.3, 0.4) is 0 Å². The lowest BCUT2D eigenvalue weighted by molar-refractivity contribution is 0.0948. The van der Waals surface area contributed by atoms with Gasteiger partial charge in [0.15, 0.2) is 0 Å². The van der Waals surface area contributed by atoms with Crippen molar-refractivity contribution in [1.29, 1.82) is 0 Å². The first-order chi connectivity index (χ1) is 9.16. The standard InChI is InChI=1S/C15H15N3O/c1-10-8-11(2)17-14-13(10)15(19)16-9-18(14)12-6-4-3-5-7-12/h3-8H,9H2,1-2H3,(H,16,19). The topological polar surface area (TPSA) is 45.2 Å². The van der Waals surface area contributed by atoms with Crippen LogP contribution in [0.25, 0.3) is 0 Å². The van der Waals surface area contributed by atoms with Crippen molar-refractivity contribution in [2.45, 2.75) is 13.8 Å². The number of benzene rings is 1. The lowest BCUT2D eigenvalue weighted by Crippen LogP contribution is -2.42. The second kappa shape index (κ2) is 4.39. The van der Waals surface area contributed by atoms with Gasteiger partial charge in [-0.25, -0.2) is 4.98 Å². The summed E-state index contributed by atoms with van der Waals surface area (Å²) >= 11 is 0. The molecule has 1 N–H and O–H groups in total. The molecular weight excluding hydrogens is 238 g/mol. The van der Waals surface area contributed by atoms with E-state index >= 15 is 0 Å². The quantitative estimate of drug-likeness (QED) is 0.849. The summed E-state index contributed by atoms with van der Waals surface area (Å²) in [6.45, 7) is 4.34. The molecule has 4 heteroatoms. The minimum absolute atomic E-state index is 0.0489. The molecule has 4 nitrogen and oxygen atoms in total. The lowest BCUT2D eigenvalue weighted by Gasteiger charge is -2.31. The van der Waals surface area contributed by atoms with E-state index in [2.05, 4.69) is 10.3 Å². The van der Waals surface area contributed by atoms with Gasteiger partial charge < -0.3 is 10.2 Å². The van der Waals surface area contributed by atoms with Crippen LogP contribution in [-0.2, 0) is 0 Å². The number of aromatic nitrogens is 1. The van der Waals surface area contributed by atoms with Gasteiger partial charge in [0.05, 0.1) is 12.2 Å². The maximum absolute atomic E-state index is 12.0. The molecule has 1 aliphatic rings. The molecule has 0 aliphatic carbocycles. The molecule has 0 bridgehead atoms. The van der Waals surface area contributed by atoms with Crippen LogP contribution in [0, 0.1) is 13.8 Å². The van der Waals surface area contributed by atoms with E-state index < -0.39 is 0 Å². The van der Waals surface area contributed by atoms with Gasteiger partial charge in [-0.2, -0.15) is 0 Å². The number of carbonyl (C=O) groups excluding carboxylic acids is 1. The summed E-state index contributed by atoms with van der Waals surface area (Å²) in [7, 11) is 0. The van der Waals surface area contributed by atoms with E-state index in [-0.39, 0.29) is 5.91 Å². The molecule has 0 saturated carbocycles. The SMILES string of the molecule is Cc1cc(C)c2c(n1)N(c1ccccc1)CNC2=O. The van der Waals surface area contributed by atoms with Gasteiger partial charge >= 0.3 is 0 Å². The first kappa shape index (κ1) is 11.7. The van der Waals surface area contributed by atoms with Crippen molar-refractivity contribution in [3.63, 3.8) is 0 Å². The highest BCUT2D eigenvalue weighted by atomic mass is 16.2. The first-order valence-electron chi connectivity index (χ1n) is 6.26. The zero-order valence-corrected chi connectivity index (χ0v) is 11.0. The maximum Gasteiger partial charge on any atom is 0.256 e. The van der Waals surface area contributed by atoms with Crippen LogP contribution < -0.4 is 10.2 Å². The summed E-state index contributed by atoms with van der Waals surface area (Å²) in [6.07, 6.45) is 0. The van der Waals surface area contributed by atoms with Gasteiger partial charge in [-0.15, -0.1) is 0 Å². The predicted octanol–water partition coefficient (Wildman–Crippen LogP) is 2.54. The highest BCUT2D eigenvalue weighted by Crippen LogP contribution is 2.30. The third-order valence-electron chi connectivity index (χ3n) is 3.27. The second-order valence-electron chi connectivity index (χ2n) is 4.71. The van der Waals surface area contributed by atoms with Crippen LogP contribution in [0.15, 0.2) is 36.4 Å². The fourth-order valence-corrected chi connectivity index (χ4v) is 2.43. The summed E-state index contributed by atoms with van der Waals surface area (Å²) in [4.78, 5) is 18.6. The molecule has 0 unspecified atom stereocenters. The molecule has 0 radical (unpaired) electrons. The Labute approximate surface area is 112 Å². The molecule has 1 aromatic carbocycles. The highest BCUT2D eigenvalue weighted by Gasteiger charge is 2.26. The second-order valence-corrected chi connectivity index (χ2v) is 4.71. The molecule has 1 aromatic heterocycles. The number of rotatable bonds is 1. The number of aryl methyl sites for hydroxylation is 2. The Morgan fingerprint density at radius 3 is 2.68 bits per heavy atom. The van der Waals surface area contributed by atoms with E-state index in [1.807, 2.05) is 55.1 Å². The number of amides is 1. The Morgan fingerprint density at radius 2 is 1.95 bits per heavy atom. The zero-order chi connectivity index (χ0) is 13.4. The molecule has 2 heterocycles. The lowest BCUT2D eigenvalue weighted by atomic mass is 10.1. The number of hydrogen-bond donors (Lipinski definition) is 1. The largest absolute Gasteiger partial charge is 0.334 e. The summed E-state index contributed by atoms with van der Waals surface area (Å²) in [5.41, 5.74) is 3.58. The van der Waals surface area contributed by atoms with E-state index in [1.165, 1.54) is 0 Å². The van der Waals surface area contributed by atoms with E-state index in [0.29, 0.717) is 12.2 Å². The third-order valence-corrected chi connectivity index (χ3v) is 3.27. The van der Waals surface area contributed by atoms with Crippen molar-refractivity contribution >= 4 is 17.4 Å². The molecular formula is C15H15N3O. The number of fused-ring (bicyclic) bond motifs is 1. The average molecular weight is 253 g/mol. The summed E-state index contributed by atoms with van der Waals surface area (Å²) < 4.78 is 0. The maximum atomic E-state index is 12.0. The molecule has 0 fully saturated rings. The van der Waals surface area contributed by atoms with Crippen LogP contribution in [0.5, 0.6) is 0 Å². The zero-order valence-electron chi connectivity index (χ0n) is 11.0. The Hall–Kier alpha value is -2.36. The smallest absolute Gasteiger partial charge is 0.256 e. The van der Waals surface area contributed by atoms with Gasteiger partial charge in [-0.1, -0.05) is 18.2 Å². The third kappa shape index (κ3) is 1.95. The van der Waals surface area contributed by atoms with Crippen molar-refractivity contribution in [2.24, 2.45) is 0 Å². The monoisotopic (exact) mass is 253 g/mol. The number of nitrogens with zero attached hydrogens (tertiary/aromatic N) is 2. The fourth-order valence-electron chi connectivity index (χ4n) is 2.43. The van der Waals surface area contributed by atoms with E-state index in [9.17, 15) is 4.79 Å². The van der Waals surface area contributed by atoms with E-state index in [4.69, 9.17) is 0 Å². The summed E-state index contributed by atoms with van der Waals surface area (Å²) in [5, 5.41) is 2.89. The molecule has 1 aliphatic heterocycles. The Morgan fingerprint density at radius 1 is 1.21 bits per heavy atom. The summed E-state index contributed by atoms with van der Waals surface area (Å²) in [5.74, 6) is 0.694.